The van der Waals surface area contributed by atoms with Crippen LogP contribution >= 0.6 is 0 Å². The molecule has 0 amide bonds. The number of nitrogens with one attached hydrogen (secondary N) is 1. The van der Waals surface area contributed by atoms with Crippen molar-refractivity contribution in [3.05, 3.63) is 33.7 Å². The van der Waals surface area contributed by atoms with Crippen LogP contribution in [0.25, 0.3) is 0 Å². The van der Waals surface area contributed by atoms with E-state index in [0.29, 0.717) is 12.5 Å². The number of hydrogen-bond donors (Lipinski definition) is 1. The molecule has 0 aliphatic rings. The molecule has 0 atom stereocenters. The summed E-state index contributed by atoms with van der Waals surface area (Å²) in [7, 11) is 1.86. The minimum Gasteiger partial charge on any atom is -0.315 e. The van der Waals surface area contributed by atoms with Gasteiger partial charge in [-0.2, -0.15) is 0 Å². The first-order valence-electron chi connectivity index (χ1n) is 6.63. The fourth-order valence-electron chi connectivity index (χ4n) is 2.07. The maximum atomic E-state index is 12.2. The normalized spacial score (nSPS) is 12.2. The molecule has 1 aromatic heterocycles. The zero-order valence-electron chi connectivity index (χ0n) is 12.5. The Hall–Kier alpha value is -1.09. The Morgan fingerprint density at radius 3 is 2.39 bits per heavy atom. The van der Waals surface area contributed by atoms with Crippen LogP contribution in [0, 0.1) is 5.92 Å². The van der Waals surface area contributed by atoms with Crippen molar-refractivity contribution in [3.63, 3.8) is 0 Å². The third-order valence-corrected chi connectivity index (χ3v) is 3.02. The second-order valence-electron chi connectivity index (χ2n) is 6.38. The van der Waals surface area contributed by atoms with E-state index in [-0.39, 0.29) is 11.0 Å². The van der Waals surface area contributed by atoms with Gasteiger partial charge in [0.15, 0.2) is 0 Å². The molecule has 0 spiro atoms. The van der Waals surface area contributed by atoms with E-state index < -0.39 is 0 Å². The molecule has 0 aliphatic carbocycles. The highest BCUT2D eigenvalue weighted by molar-refractivity contribution is 5.21. The van der Waals surface area contributed by atoms with Gasteiger partial charge in [-0.3, -0.25) is 4.79 Å². The van der Waals surface area contributed by atoms with Crippen molar-refractivity contribution in [1.82, 2.24) is 9.88 Å². The lowest BCUT2D eigenvalue weighted by molar-refractivity contribution is 0.522. The highest BCUT2D eigenvalue weighted by atomic mass is 16.1. The van der Waals surface area contributed by atoms with Gasteiger partial charge in [0.05, 0.1) is 0 Å². The van der Waals surface area contributed by atoms with Crippen molar-refractivity contribution < 1.29 is 0 Å². The van der Waals surface area contributed by atoms with Gasteiger partial charge in [-0.15, -0.1) is 0 Å². The van der Waals surface area contributed by atoms with Crippen molar-refractivity contribution in [2.24, 2.45) is 13.0 Å². The molecule has 102 valence electrons. The third-order valence-electron chi connectivity index (χ3n) is 3.02. The highest BCUT2D eigenvalue weighted by Gasteiger charge is 2.18. The van der Waals surface area contributed by atoms with E-state index in [9.17, 15) is 4.79 Å². The summed E-state index contributed by atoms with van der Waals surface area (Å²) in [6, 6.07) is 4.02. The Labute approximate surface area is 110 Å². The Kier molecular flexibility index (Phi) is 4.74. The molecule has 1 rings (SSSR count). The van der Waals surface area contributed by atoms with Gasteiger partial charge < -0.3 is 9.88 Å². The summed E-state index contributed by atoms with van der Waals surface area (Å²) in [5.41, 5.74) is 2.02. The average molecular weight is 250 g/mol. The van der Waals surface area contributed by atoms with Gasteiger partial charge in [-0.25, -0.2) is 0 Å². The van der Waals surface area contributed by atoms with Crippen LogP contribution in [0.15, 0.2) is 16.9 Å². The van der Waals surface area contributed by atoms with Crippen LogP contribution in [0.4, 0.5) is 0 Å². The van der Waals surface area contributed by atoms with Gasteiger partial charge in [-0.05, 0) is 18.5 Å². The van der Waals surface area contributed by atoms with E-state index in [1.807, 2.05) is 13.1 Å². The van der Waals surface area contributed by atoms with Gasteiger partial charge in [0.2, 0.25) is 0 Å². The molecule has 0 bridgehead atoms. The summed E-state index contributed by atoms with van der Waals surface area (Å²) < 4.78 is 1.77. The quantitative estimate of drug-likeness (QED) is 0.890. The van der Waals surface area contributed by atoms with Crippen LogP contribution < -0.4 is 10.9 Å². The molecule has 0 fully saturated rings. The lowest BCUT2D eigenvalue weighted by Gasteiger charge is -2.22. The largest absolute Gasteiger partial charge is 0.315 e. The van der Waals surface area contributed by atoms with Gasteiger partial charge in [0.1, 0.15) is 0 Å². The summed E-state index contributed by atoms with van der Waals surface area (Å²) in [5.74, 6) is 0.600. The zero-order chi connectivity index (χ0) is 13.9. The number of rotatable bonds is 4. The van der Waals surface area contributed by atoms with Gasteiger partial charge >= 0.3 is 0 Å². The second kappa shape index (κ2) is 5.70. The Morgan fingerprint density at radius 2 is 1.89 bits per heavy atom. The SMILES string of the molecule is CC(C)CNCc1ccc(C(C)(C)C)n(C)c1=O. The lowest BCUT2D eigenvalue weighted by atomic mass is 9.91. The van der Waals surface area contributed by atoms with Crippen LogP contribution in [0.5, 0.6) is 0 Å². The number of hydrogen-bond acceptors (Lipinski definition) is 2. The van der Waals surface area contributed by atoms with Gasteiger partial charge in [0.25, 0.3) is 5.56 Å². The Balaban J connectivity index is 2.92. The first-order valence-corrected chi connectivity index (χ1v) is 6.63. The van der Waals surface area contributed by atoms with E-state index in [0.717, 1.165) is 17.8 Å². The van der Waals surface area contributed by atoms with Crippen molar-refractivity contribution >= 4 is 0 Å². The predicted octanol–water partition coefficient (Wildman–Crippen LogP) is 2.43. The number of pyridine rings is 1. The standard InChI is InChI=1S/C15H26N2O/c1-11(2)9-16-10-12-7-8-13(15(3,4)5)17(6)14(12)18/h7-8,11,16H,9-10H2,1-6H3. The summed E-state index contributed by atoms with van der Waals surface area (Å²) >= 11 is 0. The topological polar surface area (TPSA) is 34.0 Å². The van der Waals surface area contributed by atoms with Crippen molar-refractivity contribution in [3.8, 4) is 0 Å². The van der Waals surface area contributed by atoms with Crippen LogP contribution in [0.2, 0.25) is 0 Å². The molecule has 0 unspecified atom stereocenters. The van der Waals surface area contributed by atoms with Crippen LogP contribution in [-0.4, -0.2) is 11.1 Å². The molecule has 1 heterocycles. The zero-order valence-corrected chi connectivity index (χ0v) is 12.5. The first kappa shape index (κ1) is 15.0. The molecular formula is C15H26N2O. The molecule has 3 nitrogen and oxygen atoms in total. The highest BCUT2D eigenvalue weighted by Crippen LogP contribution is 2.20. The summed E-state index contributed by atoms with van der Waals surface area (Å²) in [4.78, 5) is 12.2. The van der Waals surface area contributed by atoms with Crippen LogP contribution in [0.3, 0.4) is 0 Å². The smallest absolute Gasteiger partial charge is 0.255 e. The maximum absolute atomic E-state index is 12.2. The molecular weight excluding hydrogens is 224 g/mol. The first-order chi connectivity index (χ1) is 8.23. The number of nitrogens with zero attached hydrogens (tertiary/aromatic N) is 1. The fourth-order valence-corrected chi connectivity index (χ4v) is 2.07. The molecule has 0 saturated carbocycles. The lowest BCUT2D eigenvalue weighted by Crippen LogP contribution is -2.32. The average Bonchev–Trinajstić information content (AvgIpc) is 2.22. The predicted molar refractivity (Wildman–Crippen MR) is 76.9 cm³/mol. The van der Waals surface area contributed by atoms with Gasteiger partial charge in [-0.1, -0.05) is 40.7 Å². The van der Waals surface area contributed by atoms with E-state index in [1.165, 1.54) is 0 Å². The van der Waals surface area contributed by atoms with E-state index in [2.05, 4.69) is 46.0 Å². The molecule has 0 radical (unpaired) electrons. The van der Waals surface area contributed by atoms with Crippen molar-refractivity contribution in [2.45, 2.75) is 46.6 Å². The van der Waals surface area contributed by atoms with Crippen LogP contribution in [0.1, 0.15) is 45.9 Å². The second-order valence-corrected chi connectivity index (χ2v) is 6.38. The molecule has 0 saturated heterocycles. The van der Waals surface area contributed by atoms with Crippen molar-refractivity contribution in [2.75, 3.05) is 6.54 Å². The number of aromatic nitrogens is 1. The van der Waals surface area contributed by atoms with E-state index in [1.54, 1.807) is 4.57 Å². The molecule has 0 aromatic carbocycles. The molecule has 3 heteroatoms. The summed E-state index contributed by atoms with van der Waals surface area (Å²) in [6.07, 6.45) is 0. The molecule has 0 aliphatic heterocycles. The van der Waals surface area contributed by atoms with Gasteiger partial charge in [0, 0.05) is 30.3 Å². The molecule has 1 N–H and O–H groups in total. The monoisotopic (exact) mass is 250 g/mol. The molecule has 18 heavy (non-hydrogen) atoms. The third kappa shape index (κ3) is 3.70. The minimum absolute atomic E-state index is 0.00218. The minimum atomic E-state index is -0.00218. The summed E-state index contributed by atoms with van der Waals surface area (Å²) in [6.45, 7) is 12.3. The fraction of sp³-hybridized carbons (Fsp3) is 0.667. The van der Waals surface area contributed by atoms with Crippen LogP contribution in [-0.2, 0) is 19.0 Å². The molecule has 1 aromatic rings. The van der Waals surface area contributed by atoms with E-state index >= 15 is 0 Å². The Morgan fingerprint density at radius 1 is 1.28 bits per heavy atom. The summed E-state index contributed by atoms with van der Waals surface area (Å²) in [5, 5.41) is 3.31. The van der Waals surface area contributed by atoms with Crippen molar-refractivity contribution in [1.29, 1.82) is 0 Å². The maximum Gasteiger partial charge on any atom is 0.255 e. The van der Waals surface area contributed by atoms with E-state index in [4.69, 9.17) is 0 Å². The Bertz CT molecular complexity index is 453.